The van der Waals surface area contributed by atoms with Gasteiger partial charge in [0.1, 0.15) is 10.7 Å². The number of amides is 1. The number of aromatic nitrogens is 3. The van der Waals surface area contributed by atoms with Crippen molar-refractivity contribution in [3.05, 3.63) is 53.8 Å². The van der Waals surface area contributed by atoms with Gasteiger partial charge in [-0.1, -0.05) is 18.2 Å². The molecule has 4 heterocycles. The zero-order chi connectivity index (χ0) is 16.9. The lowest BCUT2D eigenvalue weighted by molar-refractivity contribution is -0.0251. The van der Waals surface area contributed by atoms with E-state index in [-0.39, 0.29) is 5.91 Å². The number of benzene rings is 1. The molecule has 3 aromatic rings. The Morgan fingerprint density at radius 1 is 1.20 bits per heavy atom. The number of nitrogens with zero attached hydrogens (tertiary/aromatic N) is 4. The number of thiazole rings is 1. The first kappa shape index (κ1) is 14.8. The molecule has 1 N–H and O–H groups in total. The number of para-hydroxylation sites is 1. The van der Waals surface area contributed by atoms with E-state index >= 15 is 0 Å². The molecule has 2 aromatic heterocycles. The number of hydrogen-bond donors (Lipinski definition) is 1. The van der Waals surface area contributed by atoms with Crippen LogP contribution in [0.2, 0.25) is 0 Å². The maximum absolute atomic E-state index is 12.6. The Balaban J connectivity index is 1.33. The molecule has 0 radical (unpaired) electrons. The topological polar surface area (TPSA) is 63.1 Å². The number of rotatable bonds is 3. The summed E-state index contributed by atoms with van der Waals surface area (Å²) in [6, 6.07) is 9.94. The molecule has 1 amide bonds. The molecule has 6 nitrogen and oxygen atoms in total. The SMILES string of the molecule is O=C(c1csc(-c2cnn(-c3ccccc3)c2)n1)N1CC2(CNC2)C1. The molecule has 5 rings (SSSR count). The van der Waals surface area contributed by atoms with Crippen molar-refractivity contribution in [3.8, 4) is 16.3 Å². The average molecular weight is 351 g/mol. The molecule has 1 aromatic carbocycles. The minimum atomic E-state index is 0.0375. The molecule has 0 atom stereocenters. The average Bonchev–Trinajstić information content (AvgIpc) is 3.22. The number of likely N-dealkylation sites (tertiary alicyclic amines) is 1. The van der Waals surface area contributed by atoms with E-state index in [1.165, 1.54) is 11.3 Å². The van der Waals surface area contributed by atoms with E-state index in [4.69, 9.17) is 0 Å². The van der Waals surface area contributed by atoms with E-state index in [0.29, 0.717) is 11.1 Å². The normalized spacial score (nSPS) is 18.0. The van der Waals surface area contributed by atoms with Crippen molar-refractivity contribution in [1.82, 2.24) is 25.0 Å². The highest BCUT2D eigenvalue weighted by Crippen LogP contribution is 2.35. The Morgan fingerprint density at radius 2 is 2.00 bits per heavy atom. The maximum atomic E-state index is 12.6. The third kappa shape index (κ3) is 2.47. The third-order valence-electron chi connectivity index (χ3n) is 4.91. The van der Waals surface area contributed by atoms with E-state index < -0.39 is 0 Å². The Hall–Kier alpha value is -2.51. The highest BCUT2D eigenvalue weighted by atomic mass is 32.1. The van der Waals surface area contributed by atoms with E-state index in [1.807, 2.05) is 51.5 Å². The first-order valence-corrected chi connectivity index (χ1v) is 9.16. The van der Waals surface area contributed by atoms with Gasteiger partial charge in [0.15, 0.2) is 0 Å². The van der Waals surface area contributed by atoms with Gasteiger partial charge < -0.3 is 10.2 Å². The standard InChI is InChI=1S/C18H17N5OS/c24-17(22-11-18(12-22)9-19-10-18)15-8-25-16(21-15)13-6-20-23(7-13)14-4-2-1-3-5-14/h1-8,19H,9-12H2. The van der Waals surface area contributed by atoms with Crippen LogP contribution in [0, 0.1) is 5.41 Å². The molecule has 126 valence electrons. The van der Waals surface area contributed by atoms with Gasteiger partial charge in [-0.05, 0) is 12.1 Å². The Morgan fingerprint density at radius 3 is 2.72 bits per heavy atom. The second-order valence-electron chi connectivity index (χ2n) is 6.81. The lowest BCUT2D eigenvalue weighted by Gasteiger charge is -2.55. The fourth-order valence-corrected chi connectivity index (χ4v) is 4.20. The summed E-state index contributed by atoms with van der Waals surface area (Å²) >= 11 is 1.49. The van der Waals surface area contributed by atoms with Crippen molar-refractivity contribution >= 4 is 17.2 Å². The van der Waals surface area contributed by atoms with Gasteiger partial charge in [0.2, 0.25) is 0 Å². The molecule has 25 heavy (non-hydrogen) atoms. The predicted molar refractivity (Wildman–Crippen MR) is 95.9 cm³/mol. The molecule has 2 fully saturated rings. The highest BCUT2D eigenvalue weighted by molar-refractivity contribution is 7.13. The van der Waals surface area contributed by atoms with Crippen molar-refractivity contribution in [2.24, 2.45) is 5.41 Å². The van der Waals surface area contributed by atoms with Gasteiger partial charge >= 0.3 is 0 Å². The minimum absolute atomic E-state index is 0.0375. The zero-order valence-corrected chi connectivity index (χ0v) is 14.4. The largest absolute Gasteiger partial charge is 0.336 e. The number of carbonyl (C=O) groups is 1. The molecule has 0 bridgehead atoms. The third-order valence-corrected chi connectivity index (χ3v) is 5.80. The maximum Gasteiger partial charge on any atom is 0.273 e. The lowest BCUT2D eigenvalue weighted by Crippen LogP contribution is -2.71. The fraction of sp³-hybridized carbons (Fsp3) is 0.278. The minimum Gasteiger partial charge on any atom is -0.336 e. The van der Waals surface area contributed by atoms with Crippen LogP contribution < -0.4 is 5.32 Å². The molecule has 0 aliphatic carbocycles. The van der Waals surface area contributed by atoms with Crippen LogP contribution in [-0.2, 0) is 0 Å². The Bertz CT molecular complexity index is 920. The summed E-state index contributed by atoms with van der Waals surface area (Å²) in [7, 11) is 0. The van der Waals surface area contributed by atoms with Gasteiger partial charge in [0.25, 0.3) is 5.91 Å². The summed E-state index contributed by atoms with van der Waals surface area (Å²) in [5, 5.41) is 10.4. The zero-order valence-electron chi connectivity index (χ0n) is 13.6. The summed E-state index contributed by atoms with van der Waals surface area (Å²) in [5.74, 6) is 0.0375. The van der Waals surface area contributed by atoms with Crippen LogP contribution in [-0.4, -0.2) is 51.8 Å². The first-order valence-electron chi connectivity index (χ1n) is 8.29. The molecule has 7 heteroatoms. The second-order valence-corrected chi connectivity index (χ2v) is 7.67. The summed E-state index contributed by atoms with van der Waals surface area (Å²) in [5.41, 5.74) is 2.80. The van der Waals surface area contributed by atoms with Crippen molar-refractivity contribution < 1.29 is 4.79 Å². The quantitative estimate of drug-likeness (QED) is 0.784. The van der Waals surface area contributed by atoms with Crippen LogP contribution in [0.5, 0.6) is 0 Å². The number of hydrogen-bond acceptors (Lipinski definition) is 5. The first-order chi connectivity index (χ1) is 12.2. The van der Waals surface area contributed by atoms with Crippen LogP contribution in [0.4, 0.5) is 0 Å². The van der Waals surface area contributed by atoms with Crippen LogP contribution in [0.3, 0.4) is 0 Å². The summed E-state index contributed by atoms with van der Waals surface area (Å²) in [4.78, 5) is 19.0. The molecule has 0 saturated carbocycles. The van der Waals surface area contributed by atoms with Crippen molar-refractivity contribution in [1.29, 1.82) is 0 Å². The smallest absolute Gasteiger partial charge is 0.273 e. The van der Waals surface area contributed by atoms with Gasteiger partial charge in [-0.2, -0.15) is 5.10 Å². The summed E-state index contributed by atoms with van der Waals surface area (Å²) < 4.78 is 1.82. The van der Waals surface area contributed by atoms with E-state index in [2.05, 4.69) is 15.4 Å². The van der Waals surface area contributed by atoms with E-state index in [1.54, 1.807) is 6.20 Å². The van der Waals surface area contributed by atoms with Crippen LogP contribution >= 0.6 is 11.3 Å². The molecule has 1 spiro atoms. The monoisotopic (exact) mass is 351 g/mol. The van der Waals surface area contributed by atoms with Crippen LogP contribution in [0.1, 0.15) is 10.5 Å². The predicted octanol–water partition coefficient (Wildman–Crippen LogP) is 2.04. The van der Waals surface area contributed by atoms with Crippen molar-refractivity contribution in [2.75, 3.05) is 26.2 Å². The van der Waals surface area contributed by atoms with Crippen molar-refractivity contribution in [2.45, 2.75) is 0 Å². The fourth-order valence-electron chi connectivity index (χ4n) is 3.43. The van der Waals surface area contributed by atoms with Gasteiger partial charge in [0, 0.05) is 48.7 Å². The van der Waals surface area contributed by atoms with E-state index in [0.717, 1.165) is 42.4 Å². The Labute approximate surface area is 149 Å². The van der Waals surface area contributed by atoms with Gasteiger partial charge in [0.05, 0.1) is 11.9 Å². The van der Waals surface area contributed by atoms with Crippen molar-refractivity contribution in [3.63, 3.8) is 0 Å². The van der Waals surface area contributed by atoms with E-state index in [9.17, 15) is 4.79 Å². The highest BCUT2D eigenvalue weighted by Gasteiger charge is 2.49. The molecule has 2 saturated heterocycles. The summed E-state index contributed by atoms with van der Waals surface area (Å²) in [6.07, 6.45) is 3.74. The molecule has 0 unspecified atom stereocenters. The lowest BCUT2D eigenvalue weighted by atomic mass is 9.74. The molecular weight excluding hydrogens is 334 g/mol. The number of carbonyl (C=O) groups excluding carboxylic acids is 1. The van der Waals surface area contributed by atoms with Crippen LogP contribution in [0.15, 0.2) is 48.1 Å². The van der Waals surface area contributed by atoms with Gasteiger partial charge in [-0.25, -0.2) is 9.67 Å². The molecule has 2 aliphatic rings. The molecular formula is C18H17N5OS. The second kappa shape index (κ2) is 5.50. The summed E-state index contributed by atoms with van der Waals surface area (Å²) in [6.45, 7) is 3.74. The van der Waals surface area contributed by atoms with Gasteiger partial charge in [-0.15, -0.1) is 11.3 Å². The molecule has 2 aliphatic heterocycles. The number of nitrogens with one attached hydrogen (secondary N) is 1. The van der Waals surface area contributed by atoms with Crippen LogP contribution in [0.25, 0.3) is 16.3 Å². The Kier molecular flexibility index (Phi) is 3.26. The van der Waals surface area contributed by atoms with Gasteiger partial charge in [-0.3, -0.25) is 4.79 Å².